The Morgan fingerprint density at radius 2 is 2.16 bits per heavy atom. The molecule has 2 aromatic rings. The molecule has 0 N–H and O–H groups in total. The van der Waals surface area contributed by atoms with Crippen LogP contribution in [0.3, 0.4) is 0 Å². The minimum absolute atomic E-state index is 0.0540. The normalized spacial score (nSPS) is 20.8. The minimum atomic E-state index is 0.0540. The Morgan fingerprint density at radius 1 is 1.28 bits per heavy atom. The van der Waals surface area contributed by atoms with Crippen molar-refractivity contribution in [3.63, 3.8) is 0 Å². The van der Waals surface area contributed by atoms with Gasteiger partial charge in [-0.15, -0.1) is 0 Å². The summed E-state index contributed by atoms with van der Waals surface area (Å²) in [6, 6.07) is 2.20. The van der Waals surface area contributed by atoms with E-state index in [2.05, 4.69) is 15.0 Å². The van der Waals surface area contributed by atoms with E-state index in [0.717, 1.165) is 61.7 Å². The van der Waals surface area contributed by atoms with Crippen LogP contribution >= 0.6 is 0 Å². The molecule has 1 saturated heterocycles. The highest BCUT2D eigenvalue weighted by Gasteiger charge is 2.26. The SMILES string of the molecule is Cc1ncc(CCN2CCCC2Cn2nc3c(cc2=O)CCCC3)o1. The van der Waals surface area contributed by atoms with E-state index in [1.165, 1.54) is 19.3 Å². The van der Waals surface area contributed by atoms with Crippen molar-refractivity contribution >= 4 is 0 Å². The summed E-state index contributed by atoms with van der Waals surface area (Å²) in [6.07, 6.45) is 9.36. The van der Waals surface area contributed by atoms with Gasteiger partial charge in [0.05, 0.1) is 18.4 Å². The predicted molar refractivity (Wildman–Crippen MR) is 94.7 cm³/mol. The van der Waals surface area contributed by atoms with Gasteiger partial charge in [0.15, 0.2) is 5.89 Å². The zero-order chi connectivity index (χ0) is 17.2. The number of rotatable bonds is 5. The van der Waals surface area contributed by atoms with Crippen molar-refractivity contribution in [3.05, 3.63) is 45.5 Å². The molecule has 1 fully saturated rings. The van der Waals surface area contributed by atoms with E-state index >= 15 is 0 Å². The molecule has 1 aliphatic heterocycles. The van der Waals surface area contributed by atoms with Crippen LogP contribution in [0.15, 0.2) is 21.5 Å². The third kappa shape index (κ3) is 3.68. The molecule has 2 aromatic heterocycles. The van der Waals surface area contributed by atoms with E-state index in [1.807, 2.05) is 19.2 Å². The van der Waals surface area contributed by atoms with Crippen LogP contribution in [0.5, 0.6) is 0 Å². The van der Waals surface area contributed by atoms with Crippen molar-refractivity contribution in [3.8, 4) is 0 Å². The summed E-state index contributed by atoms with van der Waals surface area (Å²) in [4.78, 5) is 19.1. The first-order valence-electron chi connectivity index (χ1n) is 9.44. The zero-order valence-corrected chi connectivity index (χ0v) is 14.9. The van der Waals surface area contributed by atoms with Crippen LogP contribution in [0.2, 0.25) is 0 Å². The third-order valence-corrected chi connectivity index (χ3v) is 5.47. The molecule has 0 saturated carbocycles. The van der Waals surface area contributed by atoms with Gasteiger partial charge in [0, 0.05) is 32.0 Å². The predicted octanol–water partition coefficient (Wildman–Crippen LogP) is 2.13. The van der Waals surface area contributed by atoms with Crippen LogP contribution in [-0.2, 0) is 25.8 Å². The Hall–Kier alpha value is -1.95. The van der Waals surface area contributed by atoms with E-state index in [1.54, 1.807) is 4.68 Å². The lowest BCUT2D eigenvalue weighted by atomic mass is 9.97. The molecule has 134 valence electrons. The lowest BCUT2D eigenvalue weighted by Crippen LogP contribution is -2.38. The lowest BCUT2D eigenvalue weighted by molar-refractivity contribution is 0.222. The van der Waals surface area contributed by atoms with E-state index in [9.17, 15) is 4.79 Å². The number of nitrogens with zero attached hydrogens (tertiary/aromatic N) is 4. The maximum atomic E-state index is 12.4. The Bertz CT molecular complexity index is 795. The van der Waals surface area contributed by atoms with Crippen molar-refractivity contribution in [1.29, 1.82) is 0 Å². The van der Waals surface area contributed by atoms with Gasteiger partial charge in [-0.2, -0.15) is 5.10 Å². The van der Waals surface area contributed by atoms with Gasteiger partial charge in [0.2, 0.25) is 0 Å². The minimum Gasteiger partial charge on any atom is -0.446 e. The second-order valence-corrected chi connectivity index (χ2v) is 7.27. The third-order valence-electron chi connectivity index (χ3n) is 5.47. The molecular formula is C19H26N4O2. The zero-order valence-electron chi connectivity index (χ0n) is 14.9. The first kappa shape index (κ1) is 16.5. The number of aryl methyl sites for hydroxylation is 3. The Balaban J connectivity index is 1.43. The Kier molecular flexibility index (Phi) is 4.70. The summed E-state index contributed by atoms with van der Waals surface area (Å²) < 4.78 is 7.27. The molecule has 0 amide bonds. The van der Waals surface area contributed by atoms with Crippen LogP contribution in [-0.4, -0.2) is 38.8 Å². The summed E-state index contributed by atoms with van der Waals surface area (Å²) in [5.74, 6) is 1.66. The largest absolute Gasteiger partial charge is 0.446 e. The van der Waals surface area contributed by atoms with Crippen molar-refractivity contribution in [2.24, 2.45) is 0 Å². The number of hydrogen-bond donors (Lipinski definition) is 0. The average molecular weight is 342 g/mol. The first-order valence-corrected chi connectivity index (χ1v) is 9.44. The van der Waals surface area contributed by atoms with E-state index < -0.39 is 0 Å². The highest BCUT2D eigenvalue weighted by molar-refractivity contribution is 5.20. The number of oxazole rings is 1. The molecule has 3 heterocycles. The summed E-state index contributed by atoms with van der Waals surface area (Å²) in [6.45, 7) is 4.59. The van der Waals surface area contributed by atoms with E-state index in [-0.39, 0.29) is 5.56 Å². The van der Waals surface area contributed by atoms with Crippen LogP contribution in [0.1, 0.15) is 48.6 Å². The fourth-order valence-corrected chi connectivity index (χ4v) is 4.10. The molecule has 6 heteroatoms. The van der Waals surface area contributed by atoms with Gasteiger partial charge in [0.25, 0.3) is 5.56 Å². The average Bonchev–Trinajstić information content (AvgIpc) is 3.22. The maximum Gasteiger partial charge on any atom is 0.267 e. The summed E-state index contributed by atoms with van der Waals surface area (Å²) in [5.41, 5.74) is 2.35. The van der Waals surface area contributed by atoms with Gasteiger partial charge in [-0.25, -0.2) is 9.67 Å². The van der Waals surface area contributed by atoms with Crippen molar-refractivity contribution in [2.75, 3.05) is 13.1 Å². The lowest BCUT2D eigenvalue weighted by Gasteiger charge is -2.25. The fourth-order valence-electron chi connectivity index (χ4n) is 4.10. The van der Waals surface area contributed by atoms with Crippen LogP contribution in [0.4, 0.5) is 0 Å². The quantitative estimate of drug-likeness (QED) is 0.833. The Labute approximate surface area is 147 Å². The highest BCUT2D eigenvalue weighted by Crippen LogP contribution is 2.20. The Morgan fingerprint density at radius 3 is 3.00 bits per heavy atom. The molecule has 2 aliphatic rings. The van der Waals surface area contributed by atoms with Gasteiger partial charge in [-0.1, -0.05) is 0 Å². The maximum absolute atomic E-state index is 12.4. The van der Waals surface area contributed by atoms with Gasteiger partial charge < -0.3 is 4.42 Å². The highest BCUT2D eigenvalue weighted by atomic mass is 16.4. The number of aromatic nitrogens is 3. The standard InChI is InChI=1S/C19H26N4O2/c1-14-20-12-17(25-14)8-10-22-9-4-6-16(22)13-23-19(24)11-15-5-2-3-7-18(15)21-23/h11-12,16H,2-10,13H2,1H3. The first-order chi connectivity index (χ1) is 12.2. The fraction of sp³-hybridized carbons (Fsp3) is 0.632. The molecule has 4 rings (SSSR count). The molecule has 25 heavy (non-hydrogen) atoms. The van der Waals surface area contributed by atoms with E-state index in [4.69, 9.17) is 4.42 Å². The van der Waals surface area contributed by atoms with Gasteiger partial charge in [-0.3, -0.25) is 9.69 Å². The van der Waals surface area contributed by atoms with Crippen molar-refractivity contribution in [2.45, 2.75) is 64.5 Å². The van der Waals surface area contributed by atoms with Crippen LogP contribution in [0.25, 0.3) is 0 Å². The van der Waals surface area contributed by atoms with E-state index in [0.29, 0.717) is 12.6 Å². The summed E-state index contributed by atoms with van der Waals surface area (Å²) in [7, 11) is 0. The molecule has 1 atom stereocenters. The number of fused-ring (bicyclic) bond motifs is 1. The molecule has 0 aromatic carbocycles. The van der Waals surface area contributed by atoms with Crippen molar-refractivity contribution < 1.29 is 4.42 Å². The number of likely N-dealkylation sites (tertiary alicyclic amines) is 1. The van der Waals surface area contributed by atoms with Crippen molar-refractivity contribution in [1.82, 2.24) is 19.7 Å². The molecule has 0 spiro atoms. The summed E-state index contributed by atoms with van der Waals surface area (Å²) >= 11 is 0. The molecule has 1 aliphatic carbocycles. The van der Waals surface area contributed by atoms with Gasteiger partial charge in [-0.05, 0) is 50.6 Å². The molecule has 6 nitrogen and oxygen atoms in total. The molecule has 0 radical (unpaired) electrons. The van der Waals surface area contributed by atoms with Gasteiger partial charge >= 0.3 is 0 Å². The van der Waals surface area contributed by atoms with Crippen LogP contribution in [0, 0.1) is 6.92 Å². The molecule has 0 bridgehead atoms. The topological polar surface area (TPSA) is 64.2 Å². The smallest absolute Gasteiger partial charge is 0.267 e. The monoisotopic (exact) mass is 342 g/mol. The summed E-state index contributed by atoms with van der Waals surface area (Å²) in [5, 5.41) is 4.68. The van der Waals surface area contributed by atoms with Gasteiger partial charge in [0.1, 0.15) is 5.76 Å². The molecule has 1 unspecified atom stereocenters. The molecular weight excluding hydrogens is 316 g/mol. The van der Waals surface area contributed by atoms with Crippen LogP contribution < -0.4 is 5.56 Å². The second-order valence-electron chi connectivity index (χ2n) is 7.27. The number of hydrogen-bond acceptors (Lipinski definition) is 5. The second kappa shape index (κ2) is 7.12.